The summed E-state index contributed by atoms with van der Waals surface area (Å²) in [5, 5.41) is 0. The number of hydrogen-bond acceptors (Lipinski definition) is 2. The molecule has 0 unspecified atom stereocenters. The Morgan fingerprint density at radius 3 is 1.83 bits per heavy atom. The summed E-state index contributed by atoms with van der Waals surface area (Å²) in [6, 6.07) is 8.41. The highest BCUT2D eigenvalue weighted by Gasteiger charge is 2.26. The minimum atomic E-state index is -0.151. The van der Waals surface area contributed by atoms with Gasteiger partial charge in [0.25, 0.3) is 0 Å². The quantitative estimate of drug-likeness (QED) is 0.859. The highest BCUT2D eigenvalue weighted by molar-refractivity contribution is 5.33. The van der Waals surface area contributed by atoms with Crippen LogP contribution in [0.3, 0.4) is 0 Å². The van der Waals surface area contributed by atoms with E-state index in [1.165, 1.54) is 5.56 Å². The lowest BCUT2D eigenvalue weighted by molar-refractivity contribution is 0.131. The Labute approximate surface area is 112 Å². The second-order valence-corrected chi connectivity index (χ2v) is 5.93. The van der Waals surface area contributed by atoms with Gasteiger partial charge in [0, 0.05) is 12.0 Å². The molecule has 0 saturated heterocycles. The molecular weight excluding hydrogens is 222 g/mol. The van der Waals surface area contributed by atoms with Gasteiger partial charge in [-0.15, -0.1) is 0 Å². The van der Waals surface area contributed by atoms with Crippen LogP contribution in [0.15, 0.2) is 24.3 Å². The molecule has 0 atom stereocenters. The molecule has 0 saturated carbocycles. The van der Waals surface area contributed by atoms with Gasteiger partial charge in [0.2, 0.25) is 0 Å². The van der Waals surface area contributed by atoms with Crippen LogP contribution in [0, 0.1) is 0 Å². The molecule has 18 heavy (non-hydrogen) atoms. The molecule has 0 aliphatic carbocycles. The minimum absolute atomic E-state index is 0.111. The molecule has 0 aliphatic rings. The minimum Gasteiger partial charge on any atom is -0.488 e. The van der Waals surface area contributed by atoms with Gasteiger partial charge in [-0.3, -0.25) is 0 Å². The van der Waals surface area contributed by atoms with E-state index in [4.69, 9.17) is 10.5 Å². The van der Waals surface area contributed by atoms with E-state index >= 15 is 0 Å². The van der Waals surface area contributed by atoms with E-state index in [9.17, 15) is 0 Å². The first-order valence-electron chi connectivity index (χ1n) is 6.86. The molecule has 1 rings (SSSR count). The van der Waals surface area contributed by atoms with Crippen molar-refractivity contribution in [2.24, 2.45) is 5.73 Å². The van der Waals surface area contributed by atoms with Crippen molar-refractivity contribution in [2.75, 3.05) is 6.54 Å². The fraction of sp³-hybridized carbons (Fsp3) is 0.625. The average Bonchev–Trinajstić information content (AvgIpc) is 2.32. The summed E-state index contributed by atoms with van der Waals surface area (Å²) in [6.07, 6.45) is 2.14. The lowest BCUT2D eigenvalue weighted by atomic mass is 9.76. The van der Waals surface area contributed by atoms with E-state index in [0.29, 0.717) is 6.54 Å². The van der Waals surface area contributed by atoms with E-state index in [-0.39, 0.29) is 11.0 Å². The van der Waals surface area contributed by atoms with Crippen LogP contribution >= 0.6 is 0 Å². The largest absolute Gasteiger partial charge is 0.488 e. The summed E-state index contributed by atoms with van der Waals surface area (Å²) in [5.74, 6) is 0.921. The van der Waals surface area contributed by atoms with Crippen LogP contribution in [0.25, 0.3) is 0 Å². The molecule has 0 fully saturated rings. The van der Waals surface area contributed by atoms with Crippen molar-refractivity contribution in [3.63, 3.8) is 0 Å². The van der Waals surface area contributed by atoms with Crippen molar-refractivity contribution < 1.29 is 4.74 Å². The summed E-state index contributed by atoms with van der Waals surface area (Å²) in [4.78, 5) is 0. The molecule has 2 N–H and O–H groups in total. The molecule has 2 heteroatoms. The predicted octanol–water partition coefficient (Wildman–Crippen LogP) is 3.88. The summed E-state index contributed by atoms with van der Waals surface area (Å²) < 4.78 is 5.84. The van der Waals surface area contributed by atoms with Gasteiger partial charge < -0.3 is 10.5 Å². The molecule has 102 valence electrons. The van der Waals surface area contributed by atoms with Gasteiger partial charge in [-0.2, -0.15) is 0 Å². The highest BCUT2D eigenvalue weighted by Crippen LogP contribution is 2.32. The van der Waals surface area contributed by atoms with Gasteiger partial charge in [-0.1, -0.05) is 26.0 Å². The molecule has 1 aromatic carbocycles. The van der Waals surface area contributed by atoms with Crippen molar-refractivity contribution in [3.8, 4) is 5.75 Å². The second kappa shape index (κ2) is 5.75. The number of nitrogens with two attached hydrogens (primary N) is 1. The Bertz CT molecular complexity index is 349. The monoisotopic (exact) mass is 249 g/mol. The predicted molar refractivity (Wildman–Crippen MR) is 78.1 cm³/mol. The van der Waals surface area contributed by atoms with E-state index in [1.54, 1.807) is 0 Å². The van der Waals surface area contributed by atoms with Gasteiger partial charge in [0.1, 0.15) is 11.4 Å². The highest BCUT2D eigenvalue weighted by atomic mass is 16.5. The standard InChI is InChI=1S/C16H27NO/c1-6-16(7-2,12-17)13-8-10-14(11-9-13)18-15(3,4)5/h8-11H,6-7,12,17H2,1-5H3. The number of benzene rings is 1. The summed E-state index contributed by atoms with van der Waals surface area (Å²) >= 11 is 0. The van der Waals surface area contributed by atoms with Gasteiger partial charge in [-0.05, 0) is 51.3 Å². The van der Waals surface area contributed by atoms with Crippen molar-refractivity contribution in [1.29, 1.82) is 0 Å². The smallest absolute Gasteiger partial charge is 0.120 e. The maximum Gasteiger partial charge on any atom is 0.120 e. The van der Waals surface area contributed by atoms with Crippen molar-refractivity contribution >= 4 is 0 Å². The van der Waals surface area contributed by atoms with Crippen molar-refractivity contribution in [2.45, 2.75) is 58.5 Å². The maximum absolute atomic E-state index is 5.97. The summed E-state index contributed by atoms with van der Waals surface area (Å²) in [5.41, 5.74) is 7.25. The fourth-order valence-corrected chi connectivity index (χ4v) is 2.29. The topological polar surface area (TPSA) is 35.2 Å². The Morgan fingerprint density at radius 1 is 1.00 bits per heavy atom. The number of rotatable bonds is 5. The third-order valence-corrected chi connectivity index (χ3v) is 3.64. The van der Waals surface area contributed by atoms with Gasteiger partial charge >= 0.3 is 0 Å². The molecule has 0 radical (unpaired) electrons. The zero-order valence-electron chi connectivity index (χ0n) is 12.4. The third-order valence-electron chi connectivity index (χ3n) is 3.64. The first-order chi connectivity index (χ1) is 8.37. The number of ether oxygens (including phenoxy) is 1. The van der Waals surface area contributed by atoms with E-state index < -0.39 is 0 Å². The Morgan fingerprint density at radius 2 is 1.50 bits per heavy atom. The fourth-order valence-electron chi connectivity index (χ4n) is 2.29. The van der Waals surface area contributed by atoms with E-state index in [0.717, 1.165) is 18.6 Å². The van der Waals surface area contributed by atoms with Crippen LogP contribution in [-0.4, -0.2) is 12.1 Å². The molecule has 0 spiro atoms. The van der Waals surface area contributed by atoms with Crippen LogP contribution in [0.5, 0.6) is 5.75 Å². The van der Waals surface area contributed by atoms with Gasteiger partial charge in [0.15, 0.2) is 0 Å². The molecule has 0 bridgehead atoms. The zero-order chi connectivity index (χ0) is 13.8. The average molecular weight is 249 g/mol. The lowest BCUT2D eigenvalue weighted by Gasteiger charge is -2.31. The first-order valence-corrected chi connectivity index (χ1v) is 6.86. The van der Waals surface area contributed by atoms with E-state index in [2.05, 4.69) is 58.9 Å². The molecule has 0 aromatic heterocycles. The molecule has 1 aromatic rings. The van der Waals surface area contributed by atoms with Crippen LogP contribution in [0.2, 0.25) is 0 Å². The van der Waals surface area contributed by atoms with E-state index in [1.807, 2.05) is 0 Å². The van der Waals surface area contributed by atoms with Crippen LogP contribution in [0.4, 0.5) is 0 Å². The van der Waals surface area contributed by atoms with Gasteiger partial charge in [0.05, 0.1) is 0 Å². The normalized spacial score (nSPS) is 12.6. The summed E-state index contributed by atoms with van der Waals surface area (Å²) in [6.45, 7) is 11.3. The van der Waals surface area contributed by atoms with Crippen molar-refractivity contribution in [3.05, 3.63) is 29.8 Å². The summed E-state index contributed by atoms with van der Waals surface area (Å²) in [7, 11) is 0. The van der Waals surface area contributed by atoms with Crippen molar-refractivity contribution in [1.82, 2.24) is 0 Å². The first kappa shape index (κ1) is 15.0. The molecule has 0 heterocycles. The molecular formula is C16H27NO. The Balaban J connectivity index is 2.94. The van der Waals surface area contributed by atoms with Crippen LogP contribution in [-0.2, 0) is 5.41 Å². The Kier molecular flexibility index (Phi) is 4.80. The molecule has 2 nitrogen and oxygen atoms in total. The van der Waals surface area contributed by atoms with Crippen LogP contribution < -0.4 is 10.5 Å². The van der Waals surface area contributed by atoms with Gasteiger partial charge in [-0.25, -0.2) is 0 Å². The number of hydrogen-bond donors (Lipinski definition) is 1. The lowest BCUT2D eigenvalue weighted by Crippen LogP contribution is -2.33. The van der Waals surface area contributed by atoms with Crippen LogP contribution in [0.1, 0.15) is 53.0 Å². The zero-order valence-corrected chi connectivity index (χ0v) is 12.4. The Hall–Kier alpha value is -1.02. The molecule has 0 amide bonds. The second-order valence-electron chi connectivity index (χ2n) is 5.93. The SMILES string of the molecule is CCC(CC)(CN)c1ccc(OC(C)(C)C)cc1. The maximum atomic E-state index is 5.97. The third kappa shape index (κ3) is 3.49. The molecule has 0 aliphatic heterocycles.